The molecule has 14 heteroatoms. The first-order valence-corrected chi connectivity index (χ1v) is 13.1. The first kappa shape index (κ1) is 30.6. The Morgan fingerprint density at radius 2 is 1.74 bits per heavy atom. The van der Waals surface area contributed by atoms with Crippen molar-refractivity contribution in [1.82, 2.24) is 16.0 Å². The number of halogens is 5. The van der Waals surface area contributed by atoms with Gasteiger partial charge in [0.25, 0.3) is 24.1 Å². The van der Waals surface area contributed by atoms with E-state index in [9.17, 15) is 45.9 Å². The van der Waals surface area contributed by atoms with Crippen LogP contribution in [-0.4, -0.2) is 47.5 Å². The molecule has 2 aliphatic rings. The summed E-state index contributed by atoms with van der Waals surface area (Å²) in [5.41, 5.74) is -2.99. The number of carbonyl (C=O) groups excluding carboxylic acids is 5. The Labute approximate surface area is 236 Å². The lowest BCUT2D eigenvalue weighted by Gasteiger charge is -2.21. The van der Waals surface area contributed by atoms with Crippen molar-refractivity contribution in [3.05, 3.63) is 64.7 Å². The van der Waals surface area contributed by atoms with Gasteiger partial charge >= 0.3 is 6.18 Å². The topological polar surface area (TPSA) is 133 Å². The molecular formula is C28H27F5N4O5. The average molecular weight is 595 g/mol. The van der Waals surface area contributed by atoms with E-state index >= 15 is 0 Å². The maximum Gasteiger partial charge on any atom is 0.416 e. The molecule has 1 saturated carbocycles. The molecule has 2 fully saturated rings. The van der Waals surface area contributed by atoms with Crippen molar-refractivity contribution in [3.8, 4) is 0 Å². The number of hydrogen-bond donors (Lipinski definition) is 4. The molecule has 3 atom stereocenters. The molecule has 1 unspecified atom stereocenters. The van der Waals surface area contributed by atoms with Crippen LogP contribution in [0.25, 0.3) is 0 Å². The highest BCUT2D eigenvalue weighted by molar-refractivity contribution is 6.38. The van der Waals surface area contributed by atoms with E-state index in [0.29, 0.717) is 25.3 Å². The summed E-state index contributed by atoms with van der Waals surface area (Å²) >= 11 is 0. The third kappa shape index (κ3) is 7.47. The van der Waals surface area contributed by atoms with Gasteiger partial charge in [-0.05, 0) is 62.9 Å². The molecule has 2 aromatic carbocycles. The van der Waals surface area contributed by atoms with Crippen molar-refractivity contribution in [3.63, 3.8) is 0 Å². The molecule has 1 heterocycles. The monoisotopic (exact) mass is 594 g/mol. The Hall–Kier alpha value is -4.36. The molecule has 1 aliphatic heterocycles. The van der Waals surface area contributed by atoms with Crippen LogP contribution in [0.3, 0.4) is 0 Å². The van der Waals surface area contributed by atoms with E-state index < -0.39 is 70.3 Å². The molecule has 0 radical (unpaired) electrons. The molecule has 9 nitrogen and oxygen atoms in total. The summed E-state index contributed by atoms with van der Waals surface area (Å²) in [5, 5.41) is 9.79. The number of alkyl halides is 5. The maximum atomic E-state index is 13.5. The molecule has 42 heavy (non-hydrogen) atoms. The molecular weight excluding hydrogens is 567 g/mol. The Balaban J connectivity index is 1.61. The number of carbonyl (C=O) groups is 5. The lowest BCUT2D eigenvalue weighted by Crippen LogP contribution is -2.49. The van der Waals surface area contributed by atoms with Crippen molar-refractivity contribution < 1.29 is 45.9 Å². The molecule has 4 N–H and O–H groups in total. The van der Waals surface area contributed by atoms with Gasteiger partial charge in [0.2, 0.25) is 11.7 Å². The molecule has 0 spiro atoms. The SMILES string of the molecule is C[C@@H]1C[C@@H](CC(NC(=O)c2cc(C(F)F)ccc2NC(=O)c2cccc(C(F)(F)F)c2)C(=O)C(=O)NC2CC2)C(=O)N1. The predicted octanol–water partition coefficient (Wildman–Crippen LogP) is 3.76. The lowest BCUT2D eigenvalue weighted by atomic mass is 9.93. The minimum Gasteiger partial charge on any atom is -0.353 e. The van der Waals surface area contributed by atoms with E-state index in [0.717, 1.165) is 36.4 Å². The van der Waals surface area contributed by atoms with Gasteiger partial charge in [0.05, 0.1) is 22.9 Å². The van der Waals surface area contributed by atoms with Gasteiger partial charge in [0.1, 0.15) is 0 Å². The second-order valence-electron chi connectivity index (χ2n) is 10.4. The molecule has 0 aromatic heterocycles. The molecule has 1 aliphatic carbocycles. The summed E-state index contributed by atoms with van der Waals surface area (Å²) in [6.07, 6.45) is -6.35. The van der Waals surface area contributed by atoms with Gasteiger partial charge in [-0.25, -0.2) is 8.78 Å². The molecule has 1 saturated heterocycles. The van der Waals surface area contributed by atoms with Crippen molar-refractivity contribution in [2.24, 2.45) is 5.92 Å². The number of rotatable bonds is 10. The molecule has 0 bridgehead atoms. The van der Waals surface area contributed by atoms with Crippen LogP contribution in [0.1, 0.15) is 70.9 Å². The normalized spacial score (nSPS) is 19.2. The maximum absolute atomic E-state index is 13.5. The quantitative estimate of drug-likeness (QED) is 0.246. The van der Waals surface area contributed by atoms with Gasteiger partial charge in [-0.2, -0.15) is 13.2 Å². The van der Waals surface area contributed by atoms with Gasteiger partial charge < -0.3 is 21.3 Å². The minimum atomic E-state index is -4.73. The third-order valence-electron chi connectivity index (χ3n) is 6.92. The Morgan fingerprint density at radius 1 is 1.02 bits per heavy atom. The van der Waals surface area contributed by atoms with E-state index in [1.165, 1.54) is 0 Å². The summed E-state index contributed by atoms with van der Waals surface area (Å²) in [6, 6.07) is 4.19. The van der Waals surface area contributed by atoms with Gasteiger partial charge in [0, 0.05) is 29.1 Å². The lowest BCUT2D eigenvalue weighted by molar-refractivity contribution is -0.139. The van der Waals surface area contributed by atoms with Gasteiger partial charge in [0.15, 0.2) is 0 Å². The van der Waals surface area contributed by atoms with Gasteiger partial charge in [-0.3, -0.25) is 24.0 Å². The fraction of sp³-hybridized carbons (Fsp3) is 0.393. The zero-order chi connectivity index (χ0) is 30.8. The van der Waals surface area contributed by atoms with Crippen LogP contribution >= 0.6 is 0 Å². The number of Topliss-reactive ketones (excluding diaryl/α,β-unsaturated/α-hetero) is 1. The number of hydrogen-bond acceptors (Lipinski definition) is 5. The van der Waals surface area contributed by atoms with E-state index in [2.05, 4.69) is 21.3 Å². The summed E-state index contributed by atoms with van der Waals surface area (Å²) < 4.78 is 66.4. The fourth-order valence-electron chi connectivity index (χ4n) is 4.58. The smallest absolute Gasteiger partial charge is 0.353 e. The highest BCUT2D eigenvalue weighted by atomic mass is 19.4. The molecule has 4 amide bonds. The predicted molar refractivity (Wildman–Crippen MR) is 139 cm³/mol. The van der Waals surface area contributed by atoms with Gasteiger partial charge in [-0.1, -0.05) is 12.1 Å². The number of nitrogens with one attached hydrogen (secondary N) is 4. The first-order chi connectivity index (χ1) is 19.7. The molecule has 2 aromatic rings. The zero-order valence-electron chi connectivity index (χ0n) is 22.2. The van der Waals surface area contributed by atoms with Crippen molar-refractivity contribution in [1.29, 1.82) is 0 Å². The first-order valence-electron chi connectivity index (χ1n) is 13.1. The summed E-state index contributed by atoms with van der Waals surface area (Å²) in [7, 11) is 0. The van der Waals surface area contributed by atoms with E-state index in [-0.39, 0.29) is 30.1 Å². The average Bonchev–Trinajstić information content (AvgIpc) is 3.69. The van der Waals surface area contributed by atoms with E-state index in [4.69, 9.17) is 0 Å². The van der Waals surface area contributed by atoms with Crippen LogP contribution in [0.2, 0.25) is 0 Å². The number of benzene rings is 2. The van der Waals surface area contributed by atoms with Crippen molar-refractivity contribution >= 4 is 35.1 Å². The van der Waals surface area contributed by atoms with Crippen molar-refractivity contribution in [2.45, 2.75) is 63.3 Å². The molecule has 224 valence electrons. The standard InChI is InChI=1S/C28H27F5N4O5/c1-13-9-16(25(40)34-13)12-21(22(38)27(42)35-18-6-7-18)37-26(41)19-11-14(23(29)30)5-8-20(19)36-24(39)15-3-2-4-17(10-15)28(31,32)33/h2-5,8,10-11,13,16,18,21,23H,6-7,9,12H2,1H3,(H,34,40)(H,35,42)(H,36,39)(H,37,41)/t13-,16+,21?/m1/s1. The Morgan fingerprint density at radius 3 is 2.33 bits per heavy atom. The van der Waals surface area contributed by atoms with Crippen LogP contribution in [0.5, 0.6) is 0 Å². The highest BCUT2D eigenvalue weighted by Gasteiger charge is 2.38. The summed E-state index contributed by atoms with van der Waals surface area (Å²) in [5.74, 6) is -5.31. The fourth-order valence-corrected chi connectivity index (χ4v) is 4.58. The zero-order valence-corrected chi connectivity index (χ0v) is 22.2. The van der Waals surface area contributed by atoms with E-state index in [1.807, 2.05) is 0 Å². The van der Waals surface area contributed by atoms with Crippen LogP contribution in [0.15, 0.2) is 42.5 Å². The van der Waals surface area contributed by atoms with Crippen LogP contribution < -0.4 is 21.3 Å². The summed E-state index contributed by atoms with van der Waals surface area (Å²) in [6.45, 7) is 1.74. The van der Waals surface area contributed by atoms with Crippen molar-refractivity contribution in [2.75, 3.05) is 5.32 Å². The minimum absolute atomic E-state index is 0.187. The number of amides is 4. The van der Waals surface area contributed by atoms with Gasteiger partial charge in [-0.15, -0.1) is 0 Å². The van der Waals surface area contributed by atoms with Crippen LogP contribution in [0, 0.1) is 5.92 Å². The van der Waals surface area contributed by atoms with Crippen LogP contribution in [-0.2, 0) is 20.6 Å². The number of anilines is 1. The number of ketones is 1. The van der Waals surface area contributed by atoms with E-state index in [1.54, 1.807) is 6.92 Å². The largest absolute Gasteiger partial charge is 0.416 e. The second kappa shape index (κ2) is 12.2. The van der Waals surface area contributed by atoms with Crippen LogP contribution in [0.4, 0.5) is 27.6 Å². The third-order valence-corrected chi connectivity index (χ3v) is 6.92. The highest BCUT2D eigenvalue weighted by Crippen LogP contribution is 2.30. The Bertz CT molecular complexity index is 1410. The second-order valence-corrected chi connectivity index (χ2v) is 10.4. The molecule has 4 rings (SSSR count). The Kier molecular flexibility index (Phi) is 8.92. The summed E-state index contributed by atoms with van der Waals surface area (Å²) in [4.78, 5) is 64.1.